The molecule has 1 aliphatic heterocycles. The van der Waals surface area contributed by atoms with Crippen LogP contribution < -0.4 is 5.32 Å². The number of amides is 2. The monoisotopic (exact) mass is 260 g/mol. The Morgan fingerprint density at radius 1 is 1.22 bits per heavy atom. The van der Waals surface area contributed by atoms with Crippen LogP contribution in [0, 0.1) is 17.5 Å². The first-order valence-electron chi connectivity index (χ1n) is 5.36. The molecule has 1 heterocycles. The summed E-state index contributed by atoms with van der Waals surface area (Å²) < 4.78 is 44.2. The molecule has 0 aromatic heterocycles. The van der Waals surface area contributed by atoms with Gasteiger partial charge in [-0.05, 0) is 0 Å². The molecule has 2 amide bonds. The van der Waals surface area contributed by atoms with E-state index >= 15 is 0 Å². The summed E-state index contributed by atoms with van der Waals surface area (Å²) in [6.45, 7) is 1.47. The molecule has 0 atom stereocenters. The molecule has 0 saturated carbocycles. The second-order valence-corrected chi connectivity index (χ2v) is 3.78. The molecule has 1 saturated heterocycles. The number of ether oxygens (including phenoxy) is 1. The molecule has 4 nitrogen and oxygen atoms in total. The van der Waals surface area contributed by atoms with Crippen LogP contribution in [0.25, 0.3) is 0 Å². The van der Waals surface area contributed by atoms with Crippen molar-refractivity contribution in [1.29, 1.82) is 0 Å². The lowest BCUT2D eigenvalue weighted by Crippen LogP contribution is -2.43. The Morgan fingerprint density at radius 2 is 1.89 bits per heavy atom. The number of carbonyl (C=O) groups is 1. The lowest BCUT2D eigenvalue weighted by Gasteiger charge is -2.27. The molecule has 1 N–H and O–H groups in total. The zero-order valence-corrected chi connectivity index (χ0v) is 9.38. The summed E-state index contributed by atoms with van der Waals surface area (Å²) in [5, 5.41) is 2.14. The number of nitrogens with one attached hydrogen (secondary N) is 1. The molecule has 1 aromatic rings. The molecule has 1 aromatic carbocycles. The van der Waals surface area contributed by atoms with Gasteiger partial charge >= 0.3 is 6.03 Å². The van der Waals surface area contributed by atoms with E-state index in [1.807, 2.05) is 0 Å². The van der Waals surface area contributed by atoms with Gasteiger partial charge < -0.3 is 15.0 Å². The number of urea groups is 1. The summed E-state index contributed by atoms with van der Waals surface area (Å²) in [6.07, 6.45) is 0. The van der Waals surface area contributed by atoms with Crippen molar-refractivity contribution in [2.24, 2.45) is 0 Å². The molecule has 0 radical (unpaired) electrons. The maximum absolute atomic E-state index is 13.3. The molecule has 0 unspecified atom stereocenters. The SMILES string of the molecule is O=C(Nc1cc(F)cc(F)c1F)N1CCOCC1. The number of rotatable bonds is 1. The predicted octanol–water partition coefficient (Wildman–Crippen LogP) is 1.97. The van der Waals surface area contributed by atoms with E-state index < -0.39 is 29.2 Å². The van der Waals surface area contributed by atoms with Gasteiger partial charge in [0.2, 0.25) is 0 Å². The Bertz CT molecular complexity index is 462. The molecule has 1 aliphatic rings. The van der Waals surface area contributed by atoms with E-state index in [1.165, 1.54) is 4.90 Å². The van der Waals surface area contributed by atoms with Crippen LogP contribution in [0.15, 0.2) is 12.1 Å². The standard InChI is InChI=1S/C11H11F3N2O2/c12-7-5-8(13)10(14)9(6-7)15-11(17)16-1-3-18-4-2-16/h5-6H,1-4H2,(H,15,17). The zero-order valence-electron chi connectivity index (χ0n) is 9.38. The molecular formula is C11H11F3N2O2. The minimum absolute atomic E-state index is 0.352. The van der Waals surface area contributed by atoms with Crippen LogP contribution in [0.1, 0.15) is 0 Å². The number of hydrogen-bond donors (Lipinski definition) is 1. The molecular weight excluding hydrogens is 249 g/mol. The van der Waals surface area contributed by atoms with Gasteiger partial charge in [0.05, 0.1) is 18.9 Å². The van der Waals surface area contributed by atoms with Crippen LogP contribution in [0.3, 0.4) is 0 Å². The van der Waals surface area contributed by atoms with E-state index in [9.17, 15) is 18.0 Å². The van der Waals surface area contributed by atoms with Gasteiger partial charge in [0.25, 0.3) is 0 Å². The molecule has 0 spiro atoms. The number of carbonyl (C=O) groups excluding carboxylic acids is 1. The maximum Gasteiger partial charge on any atom is 0.322 e. The van der Waals surface area contributed by atoms with Crippen LogP contribution in [-0.4, -0.2) is 37.2 Å². The molecule has 2 rings (SSSR count). The van der Waals surface area contributed by atoms with E-state index in [2.05, 4.69) is 5.32 Å². The van der Waals surface area contributed by atoms with Gasteiger partial charge in [-0.15, -0.1) is 0 Å². The lowest BCUT2D eigenvalue weighted by molar-refractivity contribution is 0.0564. The molecule has 1 fully saturated rings. The van der Waals surface area contributed by atoms with Crippen molar-refractivity contribution in [2.45, 2.75) is 0 Å². The number of morpholine rings is 1. The van der Waals surface area contributed by atoms with Crippen LogP contribution in [-0.2, 0) is 4.74 Å². The van der Waals surface area contributed by atoms with Gasteiger partial charge in [0, 0.05) is 25.2 Å². The Kier molecular flexibility index (Phi) is 3.71. The van der Waals surface area contributed by atoms with Gasteiger partial charge in [0.15, 0.2) is 11.6 Å². The van der Waals surface area contributed by atoms with E-state index in [0.717, 1.165) is 6.07 Å². The second kappa shape index (κ2) is 5.26. The topological polar surface area (TPSA) is 41.6 Å². The lowest BCUT2D eigenvalue weighted by atomic mass is 10.3. The van der Waals surface area contributed by atoms with Crippen molar-refractivity contribution < 1.29 is 22.7 Å². The first-order valence-corrected chi connectivity index (χ1v) is 5.36. The molecule has 7 heteroatoms. The van der Waals surface area contributed by atoms with Crippen molar-refractivity contribution >= 4 is 11.7 Å². The zero-order chi connectivity index (χ0) is 13.1. The highest BCUT2D eigenvalue weighted by Gasteiger charge is 2.19. The van der Waals surface area contributed by atoms with Crippen molar-refractivity contribution in [3.05, 3.63) is 29.6 Å². The van der Waals surface area contributed by atoms with Crippen LogP contribution >= 0.6 is 0 Å². The average Bonchev–Trinajstić information content (AvgIpc) is 2.36. The second-order valence-electron chi connectivity index (χ2n) is 3.78. The number of nitrogens with zero attached hydrogens (tertiary/aromatic N) is 1. The van der Waals surface area contributed by atoms with Crippen molar-refractivity contribution in [2.75, 3.05) is 31.6 Å². The Hall–Kier alpha value is -1.76. The highest BCUT2D eigenvalue weighted by Crippen LogP contribution is 2.19. The highest BCUT2D eigenvalue weighted by molar-refractivity contribution is 5.89. The molecule has 98 valence electrons. The summed E-state index contributed by atoms with van der Waals surface area (Å²) in [7, 11) is 0. The van der Waals surface area contributed by atoms with Gasteiger partial charge in [-0.2, -0.15) is 0 Å². The highest BCUT2D eigenvalue weighted by atomic mass is 19.2. The first kappa shape index (κ1) is 12.7. The fourth-order valence-electron chi connectivity index (χ4n) is 1.61. The van der Waals surface area contributed by atoms with Crippen molar-refractivity contribution in [1.82, 2.24) is 4.90 Å². The smallest absolute Gasteiger partial charge is 0.322 e. The largest absolute Gasteiger partial charge is 0.378 e. The summed E-state index contributed by atoms with van der Waals surface area (Å²) in [5.74, 6) is -3.57. The Balaban J connectivity index is 2.11. The minimum atomic E-state index is -1.34. The molecule has 0 bridgehead atoms. The van der Waals surface area contributed by atoms with Crippen molar-refractivity contribution in [3.63, 3.8) is 0 Å². The fourth-order valence-corrected chi connectivity index (χ4v) is 1.61. The van der Waals surface area contributed by atoms with E-state index in [4.69, 9.17) is 4.74 Å². The quantitative estimate of drug-likeness (QED) is 0.784. The van der Waals surface area contributed by atoms with E-state index in [0.29, 0.717) is 32.4 Å². The first-order chi connectivity index (χ1) is 8.58. The van der Waals surface area contributed by atoms with Gasteiger partial charge in [-0.1, -0.05) is 0 Å². The Morgan fingerprint density at radius 3 is 2.56 bits per heavy atom. The fraction of sp³-hybridized carbons (Fsp3) is 0.364. The molecule has 0 aliphatic carbocycles. The predicted molar refractivity (Wildman–Crippen MR) is 57.7 cm³/mol. The average molecular weight is 260 g/mol. The van der Waals surface area contributed by atoms with Gasteiger partial charge in [0.1, 0.15) is 5.82 Å². The van der Waals surface area contributed by atoms with Gasteiger partial charge in [-0.3, -0.25) is 0 Å². The summed E-state index contributed by atoms with van der Waals surface area (Å²) in [6, 6.07) is 0.540. The van der Waals surface area contributed by atoms with E-state index in [-0.39, 0.29) is 0 Å². The number of hydrogen-bond acceptors (Lipinski definition) is 2. The Labute approximate surface area is 101 Å². The van der Waals surface area contributed by atoms with Gasteiger partial charge in [-0.25, -0.2) is 18.0 Å². The normalized spacial score (nSPS) is 15.6. The maximum atomic E-state index is 13.3. The minimum Gasteiger partial charge on any atom is -0.378 e. The number of benzene rings is 1. The third kappa shape index (κ3) is 2.73. The summed E-state index contributed by atoms with van der Waals surface area (Å²) in [5.41, 5.74) is -0.510. The van der Waals surface area contributed by atoms with Crippen LogP contribution in [0.2, 0.25) is 0 Å². The number of halogens is 3. The van der Waals surface area contributed by atoms with Crippen LogP contribution in [0.4, 0.5) is 23.7 Å². The third-order valence-electron chi connectivity index (χ3n) is 2.53. The van der Waals surface area contributed by atoms with E-state index in [1.54, 1.807) is 0 Å². The summed E-state index contributed by atoms with van der Waals surface area (Å²) >= 11 is 0. The van der Waals surface area contributed by atoms with Crippen molar-refractivity contribution in [3.8, 4) is 0 Å². The molecule has 18 heavy (non-hydrogen) atoms. The third-order valence-corrected chi connectivity index (χ3v) is 2.53. The van der Waals surface area contributed by atoms with Crippen LogP contribution in [0.5, 0.6) is 0 Å². The number of anilines is 1. The summed E-state index contributed by atoms with van der Waals surface area (Å²) in [4.78, 5) is 13.1.